The lowest BCUT2D eigenvalue weighted by atomic mass is 9.85. The van der Waals surface area contributed by atoms with E-state index in [1.54, 1.807) is 0 Å². The van der Waals surface area contributed by atoms with Crippen molar-refractivity contribution >= 4 is 5.97 Å². The Morgan fingerprint density at radius 2 is 2.20 bits per heavy atom. The quantitative estimate of drug-likeness (QED) is 0.666. The minimum absolute atomic E-state index is 0.00669. The number of carbonyl (C=O) groups excluding carboxylic acids is 1. The maximum absolute atomic E-state index is 11.4. The van der Waals surface area contributed by atoms with E-state index in [1.807, 2.05) is 6.92 Å². The molecule has 0 aromatic carbocycles. The van der Waals surface area contributed by atoms with E-state index >= 15 is 0 Å². The van der Waals surface area contributed by atoms with Gasteiger partial charge in [-0.1, -0.05) is 13.3 Å². The van der Waals surface area contributed by atoms with Crippen molar-refractivity contribution in [1.82, 2.24) is 0 Å². The molecule has 0 saturated heterocycles. The summed E-state index contributed by atoms with van der Waals surface area (Å²) in [6.07, 6.45) is 7.08. The van der Waals surface area contributed by atoms with E-state index in [0.717, 1.165) is 18.3 Å². The fourth-order valence-electron chi connectivity index (χ4n) is 3.43. The number of ether oxygens (including phenoxy) is 1. The highest BCUT2D eigenvalue weighted by Crippen LogP contribution is 2.50. The molecule has 2 heteroatoms. The lowest BCUT2D eigenvalue weighted by Gasteiger charge is -2.27. The SMILES string of the molecule is CCCC(=O)O[C@@H](C)[C@H]1C[C@H]2CC[C@H]1C2. The van der Waals surface area contributed by atoms with Crippen LogP contribution in [0, 0.1) is 17.8 Å². The molecule has 2 saturated carbocycles. The second-order valence-electron chi connectivity index (χ2n) is 5.28. The molecule has 0 spiro atoms. The first kappa shape index (κ1) is 11.0. The highest BCUT2D eigenvalue weighted by molar-refractivity contribution is 5.69. The predicted octanol–water partition coefficient (Wildman–Crippen LogP) is 3.15. The third-order valence-corrected chi connectivity index (χ3v) is 4.17. The largest absolute Gasteiger partial charge is 0.462 e. The van der Waals surface area contributed by atoms with Gasteiger partial charge in [0.15, 0.2) is 0 Å². The summed E-state index contributed by atoms with van der Waals surface area (Å²) in [7, 11) is 0. The molecule has 0 aromatic rings. The molecule has 2 nitrogen and oxygen atoms in total. The Kier molecular flexibility index (Phi) is 3.32. The highest BCUT2D eigenvalue weighted by atomic mass is 16.5. The summed E-state index contributed by atoms with van der Waals surface area (Å²) in [5.74, 6) is 2.43. The number of esters is 1. The lowest BCUT2D eigenvalue weighted by molar-refractivity contribution is -0.151. The van der Waals surface area contributed by atoms with Crippen molar-refractivity contribution in [3.8, 4) is 0 Å². The molecule has 0 N–H and O–H groups in total. The standard InChI is InChI=1S/C13H22O2/c1-3-4-13(14)15-9(2)12-8-10-5-6-11(12)7-10/h9-12H,3-8H2,1-2H3/t9-,10-,11-,12+/m0/s1. The molecule has 2 aliphatic rings. The maximum atomic E-state index is 11.4. The first-order valence-corrected chi connectivity index (χ1v) is 6.40. The Morgan fingerprint density at radius 1 is 1.40 bits per heavy atom. The van der Waals surface area contributed by atoms with Gasteiger partial charge < -0.3 is 4.74 Å². The molecule has 2 fully saturated rings. The van der Waals surface area contributed by atoms with Gasteiger partial charge in [0, 0.05) is 6.42 Å². The molecule has 2 bridgehead atoms. The van der Waals surface area contributed by atoms with Gasteiger partial charge in [-0.2, -0.15) is 0 Å². The minimum Gasteiger partial charge on any atom is -0.462 e. The molecular formula is C13H22O2. The predicted molar refractivity (Wildman–Crippen MR) is 59.4 cm³/mol. The van der Waals surface area contributed by atoms with Crippen molar-refractivity contribution in [2.45, 2.75) is 58.5 Å². The van der Waals surface area contributed by atoms with Crippen molar-refractivity contribution in [3.05, 3.63) is 0 Å². The van der Waals surface area contributed by atoms with E-state index in [9.17, 15) is 4.79 Å². The summed E-state index contributed by atoms with van der Waals surface area (Å²) < 4.78 is 5.49. The van der Waals surface area contributed by atoms with Gasteiger partial charge in [-0.3, -0.25) is 4.79 Å². The molecular weight excluding hydrogens is 188 g/mol. The van der Waals surface area contributed by atoms with Crippen LogP contribution in [0.5, 0.6) is 0 Å². The summed E-state index contributed by atoms with van der Waals surface area (Å²) in [4.78, 5) is 11.4. The Labute approximate surface area is 92.4 Å². The molecule has 0 aliphatic heterocycles. The molecule has 4 atom stereocenters. The number of hydrogen-bond donors (Lipinski definition) is 0. The van der Waals surface area contributed by atoms with Crippen LogP contribution in [0.3, 0.4) is 0 Å². The molecule has 0 radical (unpaired) electrons. The zero-order valence-electron chi connectivity index (χ0n) is 9.87. The summed E-state index contributed by atoms with van der Waals surface area (Å²) in [6.45, 7) is 4.10. The van der Waals surface area contributed by atoms with Crippen molar-refractivity contribution in [2.75, 3.05) is 0 Å². The van der Waals surface area contributed by atoms with Gasteiger partial charge in [-0.25, -0.2) is 0 Å². The van der Waals surface area contributed by atoms with Gasteiger partial charge in [0.05, 0.1) is 0 Å². The van der Waals surface area contributed by atoms with Crippen LogP contribution < -0.4 is 0 Å². The lowest BCUT2D eigenvalue weighted by Crippen LogP contribution is -2.28. The van der Waals surface area contributed by atoms with Crippen LogP contribution >= 0.6 is 0 Å². The number of hydrogen-bond acceptors (Lipinski definition) is 2. The van der Waals surface area contributed by atoms with Gasteiger partial charge in [-0.05, 0) is 50.4 Å². The summed E-state index contributed by atoms with van der Waals surface area (Å²) in [5, 5.41) is 0. The number of carbonyl (C=O) groups is 1. The zero-order valence-corrected chi connectivity index (χ0v) is 9.87. The fourth-order valence-corrected chi connectivity index (χ4v) is 3.43. The Hall–Kier alpha value is -0.530. The third-order valence-electron chi connectivity index (χ3n) is 4.17. The molecule has 15 heavy (non-hydrogen) atoms. The first-order chi connectivity index (χ1) is 7.20. The molecule has 2 aliphatic carbocycles. The van der Waals surface area contributed by atoms with Crippen LogP contribution in [0.1, 0.15) is 52.4 Å². The molecule has 0 heterocycles. The topological polar surface area (TPSA) is 26.3 Å². The summed E-state index contributed by atoms with van der Waals surface area (Å²) in [6, 6.07) is 0. The summed E-state index contributed by atoms with van der Waals surface area (Å²) >= 11 is 0. The molecule has 2 rings (SSSR count). The van der Waals surface area contributed by atoms with E-state index in [-0.39, 0.29) is 12.1 Å². The third kappa shape index (κ3) is 2.35. The Balaban J connectivity index is 1.81. The smallest absolute Gasteiger partial charge is 0.306 e. The first-order valence-electron chi connectivity index (χ1n) is 6.40. The van der Waals surface area contributed by atoms with Gasteiger partial charge >= 0.3 is 5.97 Å². The number of rotatable bonds is 4. The van der Waals surface area contributed by atoms with E-state index in [0.29, 0.717) is 12.3 Å². The average molecular weight is 210 g/mol. The van der Waals surface area contributed by atoms with Crippen molar-refractivity contribution < 1.29 is 9.53 Å². The highest BCUT2D eigenvalue weighted by Gasteiger charge is 2.42. The second kappa shape index (κ2) is 4.54. The fraction of sp³-hybridized carbons (Fsp3) is 0.923. The minimum atomic E-state index is -0.00669. The van der Waals surface area contributed by atoms with Crippen molar-refractivity contribution in [1.29, 1.82) is 0 Å². The Bertz CT molecular complexity index is 237. The monoisotopic (exact) mass is 210 g/mol. The van der Waals surface area contributed by atoms with Crippen LogP contribution in [0.2, 0.25) is 0 Å². The molecule has 0 unspecified atom stereocenters. The van der Waals surface area contributed by atoms with Crippen LogP contribution in [0.25, 0.3) is 0 Å². The average Bonchev–Trinajstić information content (AvgIpc) is 2.78. The zero-order chi connectivity index (χ0) is 10.8. The van der Waals surface area contributed by atoms with E-state index in [2.05, 4.69) is 6.92 Å². The van der Waals surface area contributed by atoms with Gasteiger partial charge in [0.25, 0.3) is 0 Å². The van der Waals surface area contributed by atoms with Gasteiger partial charge in [-0.15, -0.1) is 0 Å². The van der Waals surface area contributed by atoms with Crippen LogP contribution in [-0.4, -0.2) is 12.1 Å². The maximum Gasteiger partial charge on any atom is 0.306 e. The van der Waals surface area contributed by atoms with E-state index < -0.39 is 0 Å². The Morgan fingerprint density at radius 3 is 2.73 bits per heavy atom. The van der Waals surface area contributed by atoms with E-state index in [1.165, 1.54) is 25.7 Å². The number of fused-ring (bicyclic) bond motifs is 2. The molecule has 0 amide bonds. The van der Waals surface area contributed by atoms with Crippen LogP contribution in [0.4, 0.5) is 0 Å². The normalized spacial score (nSPS) is 35.5. The van der Waals surface area contributed by atoms with E-state index in [4.69, 9.17) is 4.74 Å². The molecule has 0 aromatic heterocycles. The van der Waals surface area contributed by atoms with Crippen LogP contribution in [0.15, 0.2) is 0 Å². The molecule has 86 valence electrons. The van der Waals surface area contributed by atoms with Crippen molar-refractivity contribution in [3.63, 3.8) is 0 Å². The van der Waals surface area contributed by atoms with Gasteiger partial charge in [0.2, 0.25) is 0 Å². The van der Waals surface area contributed by atoms with Crippen LogP contribution in [-0.2, 0) is 9.53 Å². The summed E-state index contributed by atoms with van der Waals surface area (Å²) in [5.41, 5.74) is 0. The van der Waals surface area contributed by atoms with Crippen molar-refractivity contribution in [2.24, 2.45) is 17.8 Å². The second-order valence-corrected chi connectivity index (χ2v) is 5.28. The van der Waals surface area contributed by atoms with Gasteiger partial charge in [0.1, 0.15) is 6.10 Å².